The molecule has 8 aromatic rings. The first kappa shape index (κ1) is 29.5. The summed E-state index contributed by atoms with van der Waals surface area (Å²) in [7, 11) is -1.59. The van der Waals surface area contributed by atoms with Gasteiger partial charge < -0.3 is 9.80 Å². The third kappa shape index (κ3) is 5.06. The SMILES string of the molecule is C[Si](C)(C)c1cccc(N(c2cccc(C#N)c2)c2ccc3ccc4c(N(c5ccccc5)c5ccccc5)ccc5ccc2c3c54)c1. The molecule has 8 rings (SSSR count). The van der Waals surface area contributed by atoms with E-state index in [1.54, 1.807) is 0 Å². The van der Waals surface area contributed by atoms with Crippen molar-refractivity contribution in [1.29, 1.82) is 5.26 Å². The van der Waals surface area contributed by atoms with E-state index in [2.05, 4.69) is 175 Å². The van der Waals surface area contributed by atoms with Crippen molar-refractivity contribution in [1.82, 2.24) is 0 Å². The van der Waals surface area contributed by atoms with Gasteiger partial charge in [0.05, 0.1) is 31.1 Å². The number of anilines is 6. The van der Waals surface area contributed by atoms with Crippen LogP contribution >= 0.6 is 0 Å². The highest BCUT2D eigenvalue weighted by molar-refractivity contribution is 6.88. The molecule has 0 spiro atoms. The number of hydrogen-bond donors (Lipinski definition) is 0. The van der Waals surface area contributed by atoms with E-state index in [-0.39, 0.29) is 0 Å². The molecule has 0 amide bonds. The van der Waals surface area contributed by atoms with Crippen molar-refractivity contribution in [3.8, 4) is 6.07 Å². The molecule has 0 aliphatic rings. The van der Waals surface area contributed by atoms with Crippen molar-refractivity contribution in [3.63, 3.8) is 0 Å². The Bertz CT molecular complexity index is 2420. The van der Waals surface area contributed by atoms with Gasteiger partial charge in [-0.1, -0.05) is 116 Å². The predicted molar refractivity (Wildman–Crippen MR) is 207 cm³/mol. The first-order chi connectivity index (χ1) is 23.4. The molecule has 0 bridgehead atoms. The van der Waals surface area contributed by atoms with E-state index in [1.165, 1.54) is 37.5 Å². The molecule has 0 radical (unpaired) electrons. The van der Waals surface area contributed by atoms with E-state index < -0.39 is 8.07 Å². The van der Waals surface area contributed by atoms with Crippen molar-refractivity contribution in [3.05, 3.63) is 163 Å². The molecular weight excluding hydrogens is 599 g/mol. The van der Waals surface area contributed by atoms with E-state index in [1.807, 2.05) is 18.2 Å². The Labute approximate surface area is 282 Å². The average molecular weight is 634 g/mol. The minimum Gasteiger partial charge on any atom is -0.310 e. The summed E-state index contributed by atoms with van der Waals surface area (Å²) in [6.45, 7) is 7.15. The van der Waals surface area contributed by atoms with Gasteiger partial charge in [0.2, 0.25) is 0 Å². The van der Waals surface area contributed by atoms with Crippen molar-refractivity contribution < 1.29 is 0 Å². The largest absolute Gasteiger partial charge is 0.310 e. The lowest BCUT2D eigenvalue weighted by atomic mass is 9.91. The van der Waals surface area contributed by atoms with Gasteiger partial charge in [0.25, 0.3) is 0 Å². The maximum absolute atomic E-state index is 9.86. The maximum Gasteiger partial charge on any atom is 0.0992 e. The molecule has 0 unspecified atom stereocenters. The topological polar surface area (TPSA) is 30.3 Å². The number of para-hydroxylation sites is 2. The van der Waals surface area contributed by atoms with Crippen LogP contribution in [0.15, 0.2) is 158 Å². The Balaban J connectivity index is 1.41. The van der Waals surface area contributed by atoms with Crippen LogP contribution in [-0.2, 0) is 0 Å². The van der Waals surface area contributed by atoms with Crippen LogP contribution in [-0.4, -0.2) is 8.07 Å². The van der Waals surface area contributed by atoms with Gasteiger partial charge >= 0.3 is 0 Å². The van der Waals surface area contributed by atoms with Crippen molar-refractivity contribution >= 4 is 79.7 Å². The van der Waals surface area contributed by atoms with Gasteiger partial charge in [0, 0.05) is 33.5 Å². The molecule has 0 atom stereocenters. The molecule has 48 heavy (non-hydrogen) atoms. The summed E-state index contributed by atoms with van der Waals surface area (Å²) in [6.07, 6.45) is 0. The second-order valence-electron chi connectivity index (χ2n) is 13.4. The summed E-state index contributed by atoms with van der Waals surface area (Å²) in [6, 6.07) is 58.6. The number of benzene rings is 8. The first-order valence-electron chi connectivity index (χ1n) is 16.4. The van der Waals surface area contributed by atoms with Gasteiger partial charge in [-0.05, 0) is 88.3 Å². The summed E-state index contributed by atoms with van der Waals surface area (Å²) in [5.41, 5.74) is 7.17. The third-order valence-electron chi connectivity index (χ3n) is 9.33. The summed E-state index contributed by atoms with van der Waals surface area (Å²) < 4.78 is 0. The Hall–Kier alpha value is -5.89. The number of rotatable bonds is 7. The van der Waals surface area contributed by atoms with Crippen LogP contribution in [0.1, 0.15) is 5.56 Å². The van der Waals surface area contributed by atoms with Gasteiger partial charge in [-0.2, -0.15) is 5.26 Å². The maximum atomic E-state index is 9.86. The van der Waals surface area contributed by atoms with Gasteiger partial charge in [-0.3, -0.25) is 0 Å². The molecule has 0 N–H and O–H groups in total. The Morgan fingerprint density at radius 3 is 1.44 bits per heavy atom. The second kappa shape index (κ2) is 11.7. The Morgan fingerprint density at radius 1 is 0.458 bits per heavy atom. The minimum atomic E-state index is -1.59. The molecule has 0 aliphatic carbocycles. The van der Waals surface area contributed by atoms with Gasteiger partial charge in [-0.15, -0.1) is 0 Å². The second-order valence-corrected chi connectivity index (χ2v) is 18.5. The number of hydrogen-bond acceptors (Lipinski definition) is 3. The number of nitriles is 1. The monoisotopic (exact) mass is 633 g/mol. The Kier molecular flexibility index (Phi) is 7.21. The average Bonchev–Trinajstić information content (AvgIpc) is 3.12. The lowest BCUT2D eigenvalue weighted by molar-refractivity contribution is 1.29. The molecule has 8 aromatic carbocycles. The molecule has 0 saturated heterocycles. The quantitative estimate of drug-likeness (QED) is 0.129. The highest BCUT2D eigenvalue weighted by atomic mass is 28.3. The molecule has 0 aromatic heterocycles. The molecule has 0 fully saturated rings. The van der Waals surface area contributed by atoms with E-state index in [0.29, 0.717) is 5.56 Å². The zero-order valence-corrected chi connectivity index (χ0v) is 28.4. The molecule has 4 heteroatoms. The van der Waals surface area contributed by atoms with Gasteiger partial charge in [0.1, 0.15) is 0 Å². The van der Waals surface area contributed by atoms with Crippen LogP contribution in [0.2, 0.25) is 19.6 Å². The summed E-state index contributed by atoms with van der Waals surface area (Å²) in [4.78, 5) is 4.69. The highest BCUT2D eigenvalue weighted by Gasteiger charge is 2.23. The third-order valence-corrected chi connectivity index (χ3v) is 11.4. The van der Waals surface area contributed by atoms with Crippen LogP contribution in [0.4, 0.5) is 34.1 Å². The molecule has 0 aliphatic heterocycles. The summed E-state index contributed by atoms with van der Waals surface area (Å²) in [5, 5.41) is 18.5. The molecule has 3 nitrogen and oxygen atoms in total. The smallest absolute Gasteiger partial charge is 0.0992 e. The lowest BCUT2D eigenvalue weighted by Gasteiger charge is -2.30. The van der Waals surface area contributed by atoms with Crippen LogP contribution in [0.5, 0.6) is 0 Å². The van der Waals surface area contributed by atoms with Crippen LogP contribution in [0, 0.1) is 11.3 Å². The Morgan fingerprint density at radius 2 is 0.917 bits per heavy atom. The normalized spacial score (nSPS) is 11.6. The fourth-order valence-corrected chi connectivity index (χ4v) is 8.17. The van der Waals surface area contributed by atoms with Crippen LogP contribution in [0.25, 0.3) is 32.3 Å². The van der Waals surface area contributed by atoms with E-state index >= 15 is 0 Å². The minimum absolute atomic E-state index is 0.642. The van der Waals surface area contributed by atoms with Crippen molar-refractivity contribution in [2.75, 3.05) is 9.80 Å². The van der Waals surface area contributed by atoms with E-state index in [4.69, 9.17) is 0 Å². The van der Waals surface area contributed by atoms with Crippen LogP contribution < -0.4 is 15.0 Å². The lowest BCUT2D eigenvalue weighted by Crippen LogP contribution is -2.37. The van der Waals surface area contributed by atoms with Gasteiger partial charge in [0.15, 0.2) is 0 Å². The zero-order valence-electron chi connectivity index (χ0n) is 27.4. The summed E-state index contributed by atoms with van der Waals surface area (Å²) >= 11 is 0. The standard InChI is InChI=1S/C44H35N3Si/c1-48(2,3)38-19-11-18-37(29-38)47(36-17-10-12-31(28-36)30-45)42-27-23-33-20-24-39-41(26-22-32-21-25-40(42)44(33)43(32)39)46(34-13-6-4-7-14-34)35-15-8-5-9-16-35/h4-29H,1-3H3. The highest BCUT2D eigenvalue weighted by Crippen LogP contribution is 2.47. The fourth-order valence-electron chi connectivity index (χ4n) is 6.99. The first-order valence-corrected chi connectivity index (χ1v) is 19.9. The van der Waals surface area contributed by atoms with Crippen molar-refractivity contribution in [2.24, 2.45) is 0 Å². The van der Waals surface area contributed by atoms with Gasteiger partial charge in [-0.25, -0.2) is 0 Å². The van der Waals surface area contributed by atoms with E-state index in [0.717, 1.165) is 34.1 Å². The molecule has 0 heterocycles. The summed E-state index contributed by atoms with van der Waals surface area (Å²) in [5.74, 6) is 0. The molecule has 230 valence electrons. The predicted octanol–water partition coefficient (Wildman–Crippen LogP) is 11.9. The fraction of sp³-hybridized carbons (Fsp3) is 0.0682. The molecule has 0 saturated carbocycles. The van der Waals surface area contributed by atoms with Crippen molar-refractivity contribution in [2.45, 2.75) is 19.6 Å². The van der Waals surface area contributed by atoms with E-state index in [9.17, 15) is 5.26 Å². The molecular formula is C44H35N3Si. The zero-order chi connectivity index (χ0) is 32.8. The number of nitrogens with zero attached hydrogens (tertiary/aromatic N) is 3. The van der Waals surface area contributed by atoms with Crippen LogP contribution in [0.3, 0.4) is 0 Å².